The molecule has 1 fully saturated rings. The van der Waals surface area contributed by atoms with Gasteiger partial charge in [0.05, 0.1) is 23.4 Å². The molecule has 1 aromatic carbocycles. The Morgan fingerprint density at radius 2 is 1.90 bits per heavy atom. The fourth-order valence-corrected chi connectivity index (χ4v) is 3.35. The van der Waals surface area contributed by atoms with Gasteiger partial charge < -0.3 is 15.2 Å². The van der Waals surface area contributed by atoms with Crippen LogP contribution in [0.25, 0.3) is 0 Å². The molecule has 1 heterocycles. The molecule has 1 aromatic rings. The van der Waals surface area contributed by atoms with Gasteiger partial charge in [-0.1, -0.05) is 24.4 Å². The van der Waals surface area contributed by atoms with Crippen molar-refractivity contribution in [3.05, 3.63) is 29.8 Å². The van der Waals surface area contributed by atoms with E-state index in [1.54, 1.807) is 12.1 Å². The Morgan fingerprint density at radius 1 is 1.29 bits per heavy atom. The molecule has 116 valence electrons. The van der Waals surface area contributed by atoms with Crippen molar-refractivity contribution in [3.8, 4) is 0 Å². The van der Waals surface area contributed by atoms with Crippen molar-refractivity contribution in [1.82, 2.24) is 0 Å². The zero-order chi connectivity index (χ0) is 15.3. The van der Waals surface area contributed by atoms with Gasteiger partial charge in [0.15, 0.2) is 9.84 Å². The van der Waals surface area contributed by atoms with Crippen LogP contribution in [-0.4, -0.2) is 45.1 Å². The van der Waals surface area contributed by atoms with Crippen molar-refractivity contribution < 1.29 is 17.9 Å². The largest absolute Gasteiger partial charge is 0.389 e. The van der Waals surface area contributed by atoms with Gasteiger partial charge in [-0.05, 0) is 25.0 Å². The van der Waals surface area contributed by atoms with Crippen molar-refractivity contribution >= 4 is 27.0 Å². The fourth-order valence-electron chi connectivity index (χ4n) is 2.11. The van der Waals surface area contributed by atoms with Crippen molar-refractivity contribution in [1.29, 1.82) is 0 Å². The van der Waals surface area contributed by atoms with E-state index in [1.807, 2.05) is 0 Å². The predicted octanol–water partition coefficient (Wildman–Crippen LogP) is 1.29. The third kappa shape index (κ3) is 4.74. The molecule has 0 spiro atoms. The lowest BCUT2D eigenvalue weighted by Crippen LogP contribution is -2.25. The number of ether oxygens (including phenoxy) is 2. The summed E-state index contributed by atoms with van der Waals surface area (Å²) in [4.78, 5) is 0.514. The van der Waals surface area contributed by atoms with Crippen LogP contribution in [0.1, 0.15) is 18.4 Å². The summed E-state index contributed by atoms with van der Waals surface area (Å²) in [6.45, 7) is 1.56. The van der Waals surface area contributed by atoms with E-state index in [2.05, 4.69) is 0 Å². The first kappa shape index (κ1) is 16.4. The standard InChI is InChI=1S/C14H19NO4S2/c15-14(20)11-1-3-13(4-2-11)21(16,17)10-9-19-12-5-7-18-8-6-12/h1-4,12H,5-10H2,(H2,15,20). The van der Waals surface area contributed by atoms with Crippen LogP contribution in [-0.2, 0) is 19.3 Å². The number of hydrogen-bond donors (Lipinski definition) is 1. The highest BCUT2D eigenvalue weighted by Gasteiger charge is 2.18. The van der Waals surface area contributed by atoms with Gasteiger partial charge in [0.25, 0.3) is 0 Å². The van der Waals surface area contributed by atoms with Gasteiger partial charge in [-0.15, -0.1) is 0 Å². The molecule has 0 amide bonds. The van der Waals surface area contributed by atoms with Crippen LogP contribution in [0.15, 0.2) is 29.2 Å². The highest BCUT2D eigenvalue weighted by Crippen LogP contribution is 2.14. The molecular formula is C14H19NO4S2. The second-order valence-electron chi connectivity index (χ2n) is 4.89. The van der Waals surface area contributed by atoms with E-state index in [9.17, 15) is 8.42 Å². The van der Waals surface area contributed by atoms with Gasteiger partial charge in [0.2, 0.25) is 0 Å². The summed E-state index contributed by atoms with van der Waals surface area (Å²) < 4.78 is 35.2. The zero-order valence-corrected chi connectivity index (χ0v) is 13.3. The predicted molar refractivity (Wildman–Crippen MR) is 84.2 cm³/mol. The van der Waals surface area contributed by atoms with E-state index in [0.29, 0.717) is 18.8 Å². The summed E-state index contributed by atoms with van der Waals surface area (Å²) in [5, 5.41) is 0. The van der Waals surface area contributed by atoms with E-state index < -0.39 is 9.84 Å². The summed E-state index contributed by atoms with van der Waals surface area (Å²) in [6.07, 6.45) is 1.75. The third-order valence-electron chi connectivity index (χ3n) is 3.37. The lowest BCUT2D eigenvalue weighted by molar-refractivity contribution is -0.0266. The Kier molecular flexibility index (Phi) is 5.69. The van der Waals surface area contributed by atoms with Gasteiger partial charge in [0, 0.05) is 18.8 Å². The monoisotopic (exact) mass is 329 g/mol. The lowest BCUT2D eigenvalue weighted by atomic mass is 10.2. The minimum absolute atomic E-state index is 0.0310. The highest BCUT2D eigenvalue weighted by molar-refractivity contribution is 7.91. The highest BCUT2D eigenvalue weighted by atomic mass is 32.2. The van der Waals surface area contributed by atoms with Gasteiger partial charge in [-0.2, -0.15) is 0 Å². The molecule has 0 aliphatic carbocycles. The topological polar surface area (TPSA) is 78.6 Å². The summed E-state index contributed by atoms with van der Waals surface area (Å²) >= 11 is 4.84. The Labute approximate surface area is 130 Å². The zero-order valence-electron chi connectivity index (χ0n) is 11.7. The minimum Gasteiger partial charge on any atom is -0.389 e. The van der Waals surface area contributed by atoms with E-state index in [-0.39, 0.29) is 28.3 Å². The van der Waals surface area contributed by atoms with Crippen LogP contribution >= 0.6 is 12.2 Å². The molecule has 2 rings (SSSR count). The van der Waals surface area contributed by atoms with Crippen molar-refractivity contribution in [2.24, 2.45) is 5.73 Å². The molecule has 1 aliphatic heterocycles. The van der Waals surface area contributed by atoms with Crippen molar-refractivity contribution in [3.63, 3.8) is 0 Å². The maximum absolute atomic E-state index is 12.2. The molecule has 0 bridgehead atoms. The third-order valence-corrected chi connectivity index (χ3v) is 5.30. The molecule has 0 radical (unpaired) electrons. The SMILES string of the molecule is NC(=S)c1ccc(S(=O)(=O)CCOC2CCOCC2)cc1. The average molecular weight is 329 g/mol. The van der Waals surface area contributed by atoms with Crippen LogP contribution in [0.5, 0.6) is 0 Å². The first-order valence-electron chi connectivity index (χ1n) is 6.81. The summed E-state index contributed by atoms with van der Waals surface area (Å²) in [6, 6.07) is 6.29. The van der Waals surface area contributed by atoms with E-state index in [4.69, 9.17) is 27.4 Å². The van der Waals surface area contributed by atoms with Crippen LogP contribution in [0.4, 0.5) is 0 Å². The number of rotatable bonds is 6. The van der Waals surface area contributed by atoms with E-state index in [1.165, 1.54) is 12.1 Å². The molecule has 2 N–H and O–H groups in total. The van der Waals surface area contributed by atoms with Gasteiger partial charge in [0.1, 0.15) is 4.99 Å². The van der Waals surface area contributed by atoms with Crippen LogP contribution in [0.2, 0.25) is 0 Å². The van der Waals surface area contributed by atoms with Gasteiger partial charge >= 0.3 is 0 Å². The van der Waals surface area contributed by atoms with Crippen LogP contribution < -0.4 is 5.73 Å². The molecular weight excluding hydrogens is 310 g/mol. The first-order chi connectivity index (χ1) is 9.99. The number of nitrogens with two attached hydrogens (primary N) is 1. The number of sulfone groups is 1. The molecule has 0 aromatic heterocycles. The van der Waals surface area contributed by atoms with Gasteiger partial charge in [-0.3, -0.25) is 0 Å². The second-order valence-corrected chi connectivity index (χ2v) is 7.44. The van der Waals surface area contributed by atoms with E-state index >= 15 is 0 Å². The summed E-state index contributed by atoms with van der Waals surface area (Å²) in [7, 11) is -3.34. The Balaban J connectivity index is 1.90. The molecule has 0 atom stereocenters. The summed E-state index contributed by atoms with van der Waals surface area (Å²) in [5.74, 6) is -0.0310. The molecule has 21 heavy (non-hydrogen) atoms. The average Bonchev–Trinajstić information content (AvgIpc) is 2.48. The fraction of sp³-hybridized carbons (Fsp3) is 0.500. The maximum atomic E-state index is 12.2. The number of benzene rings is 1. The number of thiocarbonyl (C=S) groups is 1. The van der Waals surface area contributed by atoms with Crippen molar-refractivity contribution in [2.45, 2.75) is 23.8 Å². The minimum atomic E-state index is -3.34. The number of hydrogen-bond acceptors (Lipinski definition) is 5. The van der Waals surface area contributed by atoms with Gasteiger partial charge in [-0.25, -0.2) is 8.42 Å². The normalized spacial score (nSPS) is 16.8. The van der Waals surface area contributed by atoms with Crippen molar-refractivity contribution in [2.75, 3.05) is 25.6 Å². The van der Waals surface area contributed by atoms with E-state index in [0.717, 1.165) is 12.8 Å². The lowest BCUT2D eigenvalue weighted by Gasteiger charge is -2.22. The van der Waals surface area contributed by atoms with Crippen LogP contribution in [0.3, 0.4) is 0 Å². The molecule has 1 saturated heterocycles. The molecule has 0 unspecified atom stereocenters. The molecule has 5 nitrogen and oxygen atoms in total. The summed E-state index contributed by atoms with van der Waals surface area (Å²) in [5.41, 5.74) is 6.14. The smallest absolute Gasteiger partial charge is 0.180 e. The second kappa shape index (κ2) is 7.31. The molecule has 0 saturated carbocycles. The molecule has 1 aliphatic rings. The quantitative estimate of drug-likeness (QED) is 0.792. The van der Waals surface area contributed by atoms with Crippen LogP contribution in [0, 0.1) is 0 Å². The maximum Gasteiger partial charge on any atom is 0.180 e. The Hall–Kier alpha value is -1.02. The Morgan fingerprint density at radius 3 is 2.48 bits per heavy atom. The molecule has 7 heteroatoms. The first-order valence-corrected chi connectivity index (χ1v) is 8.87. The Bertz CT molecular complexity index is 577.